The lowest BCUT2D eigenvalue weighted by molar-refractivity contribution is 0.371. The van der Waals surface area contributed by atoms with E-state index in [1.165, 1.54) is 0 Å². The van der Waals surface area contributed by atoms with E-state index in [4.69, 9.17) is 16.1 Å². The first kappa shape index (κ1) is 17.7. The van der Waals surface area contributed by atoms with E-state index in [9.17, 15) is 0 Å². The van der Waals surface area contributed by atoms with Gasteiger partial charge < -0.3 is 15.2 Å². The first-order chi connectivity index (χ1) is 9.69. The number of rotatable bonds is 4. The van der Waals surface area contributed by atoms with E-state index in [0.717, 1.165) is 10.6 Å². The summed E-state index contributed by atoms with van der Waals surface area (Å²) in [4.78, 5) is 8.22. The van der Waals surface area contributed by atoms with E-state index in [0.29, 0.717) is 30.8 Å². The molecule has 0 amide bonds. The first-order valence-corrected chi connectivity index (χ1v) is 6.54. The van der Waals surface area contributed by atoms with Gasteiger partial charge in [-0.05, 0) is 18.6 Å². The van der Waals surface area contributed by atoms with Crippen molar-refractivity contribution in [2.45, 2.75) is 20.0 Å². The van der Waals surface area contributed by atoms with Crippen molar-refractivity contribution in [1.82, 2.24) is 20.8 Å². The summed E-state index contributed by atoms with van der Waals surface area (Å²) < 4.78 is 5.01. The molecule has 0 unspecified atom stereocenters. The van der Waals surface area contributed by atoms with Crippen LogP contribution in [0.2, 0.25) is 5.02 Å². The molecule has 0 spiro atoms. The number of aliphatic imine (C=N–C) groups is 1. The first-order valence-electron chi connectivity index (χ1n) is 6.16. The zero-order valence-corrected chi connectivity index (χ0v) is 14.8. The molecule has 1 aromatic heterocycles. The SMILES string of the molecule is CN=C(NCc1nc(C)no1)NCc1ccccc1Cl.I. The van der Waals surface area contributed by atoms with Gasteiger partial charge in [-0.25, -0.2) is 0 Å². The minimum absolute atomic E-state index is 0. The summed E-state index contributed by atoms with van der Waals surface area (Å²) >= 11 is 6.09. The van der Waals surface area contributed by atoms with Gasteiger partial charge in [0.2, 0.25) is 5.89 Å². The number of halogens is 2. The Morgan fingerprint density at radius 2 is 2.00 bits per heavy atom. The van der Waals surface area contributed by atoms with Crippen molar-refractivity contribution in [3.63, 3.8) is 0 Å². The molecule has 8 heteroatoms. The van der Waals surface area contributed by atoms with E-state index in [1.54, 1.807) is 14.0 Å². The molecule has 1 aromatic carbocycles. The maximum absolute atomic E-state index is 6.09. The molecule has 0 saturated carbocycles. The highest BCUT2D eigenvalue weighted by Crippen LogP contribution is 2.14. The van der Waals surface area contributed by atoms with Crippen LogP contribution in [0.4, 0.5) is 0 Å². The van der Waals surface area contributed by atoms with Crippen LogP contribution in [0.15, 0.2) is 33.8 Å². The summed E-state index contributed by atoms with van der Waals surface area (Å²) in [6.45, 7) is 2.78. The van der Waals surface area contributed by atoms with Crippen molar-refractivity contribution in [2.75, 3.05) is 7.05 Å². The predicted octanol–water partition coefficient (Wildman–Crippen LogP) is 2.51. The zero-order chi connectivity index (χ0) is 14.4. The van der Waals surface area contributed by atoms with Crippen LogP contribution in [0, 0.1) is 6.92 Å². The van der Waals surface area contributed by atoms with Crippen molar-refractivity contribution in [3.05, 3.63) is 46.6 Å². The zero-order valence-electron chi connectivity index (χ0n) is 11.8. The largest absolute Gasteiger partial charge is 0.352 e. The average molecular weight is 422 g/mol. The van der Waals surface area contributed by atoms with Crippen LogP contribution in [-0.2, 0) is 13.1 Å². The number of aromatic nitrogens is 2. The molecule has 0 aliphatic heterocycles. The number of benzene rings is 1. The molecule has 0 bridgehead atoms. The number of nitrogens with one attached hydrogen (secondary N) is 2. The minimum Gasteiger partial charge on any atom is -0.352 e. The van der Waals surface area contributed by atoms with Gasteiger partial charge in [0.1, 0.15) is 0 Å². The number of aryl methyl sites for hydroxylation is 1. The van der Waals surface area contributed by atoms with Crippen LogP contribution >= 0.6 is 35.6 Å². The van der Waals surface area contributed by atoms with Crippen LogP contribution in [-0.4, -0.2) is 23.1 Å². The Kier molecular flexibility index (Phi) is 7.44. The lowest BCUT2D eigenvalue weighted by Crippen LogP contribution is -2.36. The van der Waals surface area contributed by atoms with Gasteiger partial charge >= 0.3 is 0 Å². The Hall–Kier alpha value is -1.35. The highest BCUT2D eigenvalue weighted by Gasteiger charge is 2.05. The summed E-state index contributed by atoms with van der Waals surface area (Å²) in [5.41, 5.74) is 1.01. The fourth-order valence-electron chi connectivity index (χ4n) is 1.61. The molecule has 0 aliphatic rings. The standard InChI is InChI=1S/C13H16ClN5O.HI/c1-9-18-12(20-19-9)8-17-13(15-2)16-7-10-5-3-4-6-11(10)14;/h3-6H,7-8H2,1-2H3,(H2,15,16,17);1H. The van der Waals surface area contributed by atoms with E-state index >= 15 is 0 Å². The van der Waals surface area contributed by atoms with Crippen LogP contribution in [0.5, 0.6) is 0 Å². The van der Waals surface area contributed by atoms with Crippen LogP contribution in [0.25, 0.3) is 0 Å². The molecule has 114 valence electrons. The molecule has 6 nitrogen and oxygen atoms in total. The molecule has 2 N–H and O–H groups in total. The fraction of sp³-hybridized carbons (Fsp3) is 0.308. The molecule has 0 aliphatic carbocycles. The third kappa shape index (κ3) is 5.50. The number of hydrogen-bond donors (Lipinski definition) is 2. The summed E-state index contributed by atoms with van der Waals surface area (Å²) in [5.74, 6) is 1.77. The average Bonchev–Trinajstić information content (AvgIpc) is 2.86. The third-order valence-corrected chi connectivity index (χ3v) is 2.97. The smallest absolute Gasteiger partial charge is 0.246 e. The Bertz CT molecular complexity index is 602. The van der Waals surface area contributed by atoms with Crippen LogP contribution in [0.1, 0.15) is 17.3 Å². The van der Waals surface area contributed by atoms with Crippen molar-refractivity contribution in [3.8, 4) is 0 Å². The third-order valence-electron chi connectivity index (χ3n) is 2.60. The fourth-order valence-corrected chi connectivity index (χ4v) is 1.82. The lowest BCUT2D eigenvalue weighted by Gasteiger charge is -2.11. The van der Waals surface area contributed by atoms with Gasteiger partial charge in [0.15, 0.2) is 11.8 Å². The molecule has 0 fully saturated rings. The Balaban J connectivity index is 0.00000220. The molecule has 2 aromatic rings. The van der Waals surface area contributed by atoms with Gasteiger partial charge in [0, 0.05) is 18.6 Å². The summed E-state index contributed by atoms with van der Waals surface area (Å²) in [6, 6.07) is 7.66. The topological polar surface area (TPSA) is 75.3 Å². The molecule has 0 atom stereocenters. The molecular weight excluding hydrogens is 405 g/mol. The lowest BCUT2D eigenvalue weighted by atomic mass is 10.2. The summed E-state index contributed by atoms with van der Waals surface area (Å²) in [7, 11) is 1.70. The van der Waals surface area contributed by atoms with Crippen molar-refractivity contribution < 1.29 is 4.52 Å². The Morgan fingerprint density at radius 3 is 2.62 bits per heavy atom. The van der Waals surface area contributed by atoms with E-state index in [1.807, 2.05) is 24.3 Å². The van der Waals surface area contributed by atoms with Gasteiger partial charge in [0.05, 0.1) is 6.54 Å². The van der Waals surface area contributed by atoms with Gasteiger partial charge in [0.25, 0.3) is 0 Å². The highest BCUT2D eigenvalue weighted by molar-refractivity contribution is 14.0. The summed E-state index contributed by atoms with van der Waals surface area (Å²) in [5, 5.41) is 10.7. The van der Waals surface area contributed by atoms with E-state index in [2.05, 4.69) is 25.8 Å². The van der Waals surface area contributed by atoms with Crippen molar-refractivity contribution in [1.29, 1.82) is 0 Å². The molecule has 1 heterocycles. The second-order valence-electron chi connectivity index (χ2n) is 4.11. The second kappa shape index (κ2) is 8.83. The van der Waals surface area contributed by atoms with Gasteiger partial charge in [-0.15, -0.1) is 24.0 Å². The molecule has 21 heavy (non-hydrogen) atoms. The summed E-state index contributed by atoms with van der Waals surface area (Å²) in [6.07, 6.45) is 0. The van der Waals surface area contributed by atoms with Crippen molar-refractivity contribution in [2.24, 2.45) is 4.99 Å². The molecular formula is C13H17ClIN5O. The Morgan fingerprint density at radius 1 is 1.29 bits per heavy atom. The van der Waals surface area contributed by atoms with Gasteiger partial charge in [-0.3, -0.25) is 4.99 Å². The van der Waals surface area contributed by atoms with Crippen LogP contribution in [0.3, 0.4) is 0 Å². The second-order valence-corrected chi connectivity index (χ2v) is 4.51. The Labute approximate surface area is 145 Å². The predicted molar refractivity (Wildman–Crippen MR) is 92.9 cm³/mol. The van der Waals surface area contributed by atoms with Crippen LogP contribution < -0.4 is 10.6 Å². The monoisotopic (exact) mass is 421 g/mol. The molecule has 2 rings (SSSR count). The van der Waals surface area contributed by atoms with Gasteiger partial charge in [-0.2, -0.15) is 4.98 Å². The van der Waals surface area contributed by atoms with Gasteiger partial charge in [-0.1, -0.05) is 35.0 Å². The van der Waals surface area contributed by atoms with E-state index in [-0.39, 0.29) is 24.0 Å². The van der Waals surface area contributed by atoms with E-state index < -0.39 is 0 Å². The maximum atomic E-state index is 6.09. The molecule has 0 saturated heterocycles. The maximum Gasteiger partial charge on any atom is 0.246 e. The number of guanidine groups is 1. The molecule has 0 radical (unpaired) electrons. The highest BCUT2D eigenvalue weighted by atomic mass is 127. The number of hydrogen-bond acceptors (Lipinski definition) is 4. The normalized spacial score (nSPS) is 10.9. The minimum atomic E-state index is 0. The number of nitrogens with zero attached hydrogens (tertiary/aromatic N) is 3. The quantitative estimate of drug-likeness (QED) is 0.451. The van der Waals surface area contributed by atoms with Crippen molar-refractivity contribution >= 4 is 41.5 Å².